The molecule has 0 unspecified atom stereocenters. The summed E-state index contributed by atoms with van der Waals surface area (Å²) in [4.78, 5) is 22.4. The minimum atomic E-state index is -0.477. The van der Waals surface area contributed by atoms with Crippen LogP contribution in [-0.2, 0) is 14.3 Å². The van der Waals surface area contributed by atoms with E-state index < -0.39 is 5.82 Å². The molecule has 0 saturated carbocycles. The first-order valence-corrected chi connectivity index (χ1v) is 7.80. The number of carbonyl (C=O) groups is 1. The maximum Gasteiger partial charge on any atom is 0.225 e. The van der Waals surface area contributed by atoms with Crippen LogP contribution in [0.25, 0.3) is 0 Å². The van der Waals surface area contributed by atoms with Gasteiger partial charge in [-0.05, 0) is 6.42 Å². The number of ether oxygens (including phenoxy) is 2. The number of fused-ring (bicyclic) bond motifs is 1. The molecule has 1 aromatic rings. The Labute approximate surface area is 134 Å². The minimum Gasteiger partial charge on any atom is -0.383 e. The highest BCUT2D eigenvalue weighted by Crippen LogP contribution is 2.34. The van der Waals surface area contributed by atoms with Crippen molar-refractivity contribution in [3.05, 3.63) is 18.2 Å². The molecule has 0 spiro atoms. The standard InChI is InChI=1S/C15H21FN4O3/c1-22-5-3-17-14(21)12-8-20(9-13-11(12)2-4-23-13)15-18-6-10(16)7-19-15/h6-7,11-13H,2-5,8-9H2,1H3,(H,17,21)/t11-,12-,13+/m0/s1. The predicted octanol–water partition coefficient (Wildman–Crippen LogP) is 0.220. The van der Waals surface area contributed by atoms with E-state index in [0.29, 0.717) is 38.8 Å². The Morgan fingerprint density at radius 1 is 1.48 bits per heavy atom. The van der Waals surface area contributed by atoms with Crippen molar-refractivity contribution >= 4 is 11.9 Å². The van der Waals surface area contributed by atoms with Crippen LogP contribution >= 0.6 is 0 Å². The Balaban J connectivity index is 1.72. The van der Waals surface area contributed by atoms with Gasteiger partial charge in [-0.15, -0.1) is 0 Å². The number of amides is 1. The van der Waals surface area contributed by atoms with Gasteiger partial charge in [-0.3, -0.25) is 4.79 Å². The van der Waals surface area contributed by atoms with Crippen molar-refractivity contribution in [2.45, 2.75) is 12.5 Å². The Morgan fingerprint density at radius 3 is 3.00 bits per heavy atom. The number of anilines is 1. The highest BCUT2D eigenvalue weighted by molar-refractivity contribution is 5.80. The molecule has 8 heteroatoms. The normalized spacial score (nSPS) is 26.9. The summed E-state index contributed by atoms with van der Waals surface area (Å²) in [6, 6.07) is 0. The van der Waals surface area contributed by atoms with Crippen LogP contribution in [0, 0.1) is 17.7 Å². The number of halogens is 1. The largest absolute Gasteiger partial charge is 0.383 e. The summed E-state index contributed by atoms with van der Waals surface area (Å²) in [6.45, 7) is 2.76. The molecule has 0 bridgehead atoms. The van der Waals surface area contributed by atoms with Crippen LogP contribution in [0.4, 0.5) is 10.3 Å². The molecule has 3 rings (SSSR count). The molecule has 2 fully saturated rings. The molecular weight excluding hydrogens is 303 g/mol. The fourth-order valence-corrected chi connectivity index (χ4v) is 3.29. The van der Waals surface area contributed by atoms with Gasteiger partial charge in [0.05, 0.1) is 31.0 Å². The molecule has 2 aliphatic rings. The molecule has 0 aromatic carbocycles. The van der Waals surface area contributed by atoms with Crippen LogP contribution in [0.15, 0.2) is 12.4 Å². The maximum absolute atomic E-state index is 13.0. The highest BCUT2D eigenvalue weighted by atomic mass is 19.1. The van der Waals surface area contributed by atoms with Gasteiger partial charge < -0.3 is 19.7 Å². The Morgan fingerprint density at radius 2 is 2.26 bits per heavy atom. The number of nitrogens with one attached hydrogen (secondary N) is 1. The molecule has 1 aromatic heterocycles. The lowest BCUT2D eigenvalue weighted by atomic mass is 9.82. The average molecular weight is 324 g/mol. The molecular formula is C15H21FN4O3. The molecule has 1 amide bonds. The maximum atomic E-state index is 13.0. The molecule has 2 saturated heterocycles. The lowest BCUT2D eigenvalue weighted by Crippen LogP contribution is -2.53. The van der Waals surface area contributed by atoms with Crippen molar-refractivity contribution in [3.8, 4) is 0 Å². The van der Waals surface area contributed by atoms with Crippen LogP contribution in [0.1, 0.15) is 6.42 Å². The Bertz CT molecular complexity index is 542. The van der Waals surface area contributed by atoms with Crippen molar-refractivity contribution in [1.82, 2.24) is 15.3 Å². The van der Waals surface area contributed by atoms with Crippen LogP contribution in [0.3, 0.4) is 0 Å². The molecule has 0 radical (unpaired) electrons. The Kier molecular flexibility index (Phi) is 5.02. The van der Waals surface area contributed by atoms with Gasteiger partial charge in [-0.1, -0.05) is 0 Å². The van der Waals surface area contributed by atoms with E-state index in [-0.39, 0.29) is 23.8 Å². The smallest absolute Gasteiger partial charge is 0.225 e. The van der Waals surface area contributed by atoms with Crippen LogP contribution < -0.4 is 10.2 Å². The van der Waals surface area contributed by atoms with Crippen molar-refractivity contribution < 1.29 is 18.7 Å². The summed E-state index contributed by atoms with van der Waals surface area (Å²) >= 11 is 0. The molecule has 0 aliphatic carbocycles. The second-order valence-corrected chi connectivity index (χ2v) is 5.86. The number of methoxy groups -OCH3 is 1. The first-order chi connectivity index (χ1) is 11.2. The van der Waals surface area contributed by atoms with Crippen molar-refractivity contribution in [2.75, 3.05) is 44.9 Å². The zero-order valence-corrected chi connectivity index (χ0v) is 13.1. The van der Waals surface area contributed by atoms with Crippen LogP contribution in [0.2, 0.25) is 0 Å². The third kappa shape index (κ3) is 3.59. The van der Waals surface area contributed by atoms with E-state index in [1.54, 1.807) is 7.11 Å². The molecule has 126 valence electrons. The first kappa shape index (κ1) is 16.1. The second kappa shape index (κ2) is 7.18. The summed E-state index contributed by atoms with van der Waals surface area (Å²) in [5.41, 5.74) is 0. The van der Waals surface area contributed by atoms with Gasteiger partial charge in [0.25, 0.3) is 0 Å². The van der Waals surface area contributed by atoms with Crippen molar-refractivity contribution in [3.63, 3.8) is 0 Å². The highest BCUT2D eigenvalue weighted by Gasteiger charge is 2.44. The van der Waals surface area contributed by atoms with E-state index in [4.69, 9.17) is 9.47 Å². The molecule has 23 heavy (non-hydrogen) atoms. The number of aromatic nitrogens is 2. The van der Waals surface area contributed by atoms with Crippen LogP contribution in [-0.4, -0.2) is 61.9 Å². The zero-order chi connectivity index (χ0) is 16.2. The number of nitrogens with zero attached hydrogens (tertiary/aromatic N) is 3. The van der Waals surface area contributed by atoms with E-state index in [2.05, 4.69) is 15.3 Å². The third-order valence-electron chi connectivity index (χ3n) is 4.43. The summed E-state index contributed by atoms with van der Waals surface area (Å²) < 4.78 is 23.7. The quantitative estimate of drug-likeness (QED) is 0.781. The second-order valence-electron chi connectivity index (χ2n) is 5.86. The Hall–Kier alpha value is -1.80. The summed E-state index contributed by atoms with van der Waals surface area (Å²) in [7, 11) is 1.60. The fourth-order valence-electron chi connectivity index (χ4n) is 3.29. The van der Waals surface area contributed by atoms with E-state index in [0.717, 1.165) is 18.8 Å². The SMILES string of the molecule is COCCNC(=O)[C@H]1CN(c2ncc(F)cn2)C[C@H]2OCC[C@@H]12. The molecule has 2 aliphatic heterocycles. The predicted molar refractivity (Wildman–Crippen MR) is 80.4 cm³/mol. The number of hydrogen-bond donors (Lipinski definition) is 1. The van der Waals surface area contributed by atoms with Gasteiger partial charge in [-0.25, -0.2) is 14.4 Å². The molecule has 3 heterocycles. The lowest BCUT2D eigenvalue weighted by molar-refractivity contribution is -0.128. The summed E-state index contributed by atoms with van der Waals surface area (Å²) in [6.07, 6.45) is 3.14. The number of rotatable bonds is 5. The molecule has 1 N–H and O–H groups in total. The number of hydrogen-bond acceptors (Lipinski definition) is 6. The van der Waals surface area contributed by atoms with E-state index in [9.17, 15) is 9.18 Å². The zero-order valence-electron chi connectivity index (χ0n) is 13.1. The monoisotopic (exact) mass is 324 g/mol. The molecule has 7 nitrogen and oxygen atoms in total. The summed E-state index contributed by atoms with van der Waals surface area (Å²) in [5.74, 6) is -0.0463. The summed E-state index contributed by atoms with van der Waals surface area (Å²) in [5, 5.41) is 2.90. The topological polar surface area (TPSA) is 76.6 Å². The van der Waals surface area contributed by atoms with Crippen molar-refractivity contribution in [1.29, 1.82) is 0 Å². The third-order valence-corrected chi connectivity index (χ3v) is 4.43. The fraction of sp³-hybridized carbons (Fsp3) is 0.667. The number of carbonyl (C=O) groups excluding carboxylic acids is 1. The van der Waals surface area contributed by atoms with E-state index >= 15 is 0 Å². The number of piperidine rings is 1. The van der Waals surface area contributed by atoms with Gasteiger partial charge in [0.1, 0.15) is 0 Å². The van der Waals surface area contributed by atoms with Gasteiger partial charge in [0.2, 0.25) is 11.9 Å². The van der Waals surface area contributed by atoms with Crippen LogP contribution in [0.5, 0.6) is 0 Å². The lowest BCUT2D eigenvalue weighted by Gasteiger charge is -2.39. The molecule has 3 atom stereocenters. The van der Waals surface area contributed by atoms with E-state index in [1.165, 1.54) is 0 Å². The first-order valence-electron chi connectivity index (χ1n) is 7.80. The van der Waals surface area contributed by atoms with E-state index in [1.807, 2.05) is 4.90 Å². The van der Waals surface area contributed by atoms with Gasteiger partial charge in [0.15, 0.2) is 5.82 Å². The van der Waals surface area contributed by atoms with Gasteiger partial charge >= 0.3 is 0 Å². The van der Waals surface area contributed by atoms with Gasteiger partial charge in [-0.2, -0.15) is 0 Å². The average Bonchev–Trinajstić information content (AvgIpc) is 3.03. The van der Waals surface area contributed by atoms with Gasteiger partial charge in [0, 0.05) is 39.3 Å². The van der Waals surface area contributed by atoms with Crippen molar-refractivity contribution in [2.24, 2.45) is 11.8 Å². The minimum absolute atomic E-state index is 0.00522.